The van der Waals surface area contributed by atoms with Crippen molar-refractivity contribution < 1.29 is 32.5 Å². The first kappa shape index (κ1) is 35.7. The van der Waals surface area contributed by atoms with Crippen molar-refractivity contribution in [1.82, 2.24) is 5.32 Å². The van der Waals surface area contributed by atoms with Crippen LogP contribution in [0.2, 0.25) is 0 Å². The SMILES string of the molecule is CCCCCCCCCCCCCCCCSCC(COP(=O)([O-])OCC[N+](C)(C)C)OC(=O)NC. The van der Waals surface area contributed by atoms with E-state index in [1.54, 1.807) is 11.8 Å². The van der Waals surface area contributed by atoms with E-state index in [9.17, 15) is 14.3 Å². The number of rotatable bonds is 25. The van der Waals surface area contributed by atoms with Gasteiger partial charge >= 0.3 is 6.09 Å². The lowest BCUT2D eigenvalue weighted by Crippen LogP contribution is -2.37. The number of ether oxygens (including phenoxy) is 1. The predicted octanol–water partition coefficient (Wildman–Crippen LogP) is 6.13. The van der Waals surface area contributed by atoms with Gasteiger partial charge in [0.1, 0.15) is 19.3 Å². The largest absolute Gasteiger partial charge is 0.756 e. The Balaban J connectivity index is 3.88. The third-order valence-corrected chi connectivity index (χ3v) is 8.00. The van der Waals surface area contributed by atoms with Crippen molar-refractivity contribution in [2.75, 3.05) is 59.5 Å². The maximum absolute atomic E-state index is 12.0. The van der Waals surface area contributed by atoms with Gasteiger partial charge in [0.05, 0.1) is 27.7 Å². The Morgan fingerprint density at radius 2 is 1.39 bits per heavy atom. The molecule has 0 bridgehead atoms. The molecular formula is C26H55N2O6PS. The molecule has 0 aliphatic rings. The molecule has 216 valence electrons. The molecule has 0 aliphatic carbocycles. The summed E-state index contributed by atoms with van der Waals surface area (Å²) in [4.78, 5) is 23.6. The van der Waals surface area contributed by atoms with Crippen LogP contribution < -0.4 is 10.2 Å². The Morgan fingerprint density at radius 3 is 1.86 bits per heavy atom. The molecule has 0 aromatic carbocycles. The molecule has 36 heavy (non-hydrogen) atoms. The first-order chi connectivity index (χ1) is 17.1. The fraction of sp³-hybridized carbons (Fsp3) is 0.962. The Labute approximate surface area is 225 Å². The van der Waals surface area contributed by atoms with E-state index in [0.29, 0.717) is 16.8 Å². The van der Waals surface area contributed by atoms with Crippen LogP contribution in [0.15, 0.2) is 0 Å². The molecule has 0 rings (SSSR count). The van der Waals surface area contributed by atoms with Gasteiger partial charge < -0.3 is 28.5 Å². The quantitative estimate of drug-likeness (QED) is 0.0823. The number of hydrogen-bond acceptors (Lipinski definition) is 7. The molecule has 8 nitrogen and oxygen atoms in total. The fourth-order valence-corrected chi connectivity index (χ4v) is 5.31. The lowest BCUT2D eigenvalue weighted by molar-refractivity contribution is -0.870. The maximum Gasteiger partial charge on any atom is 0.407 e. The van der Waals surface area contributed by atoms with Crippen LogP contribution in [-0.2, 0) is 18.3 Å². The van der Waals surface area contributed by atoms with Crippen LogP contribution in [0, 0.1) is 0 Å². The highest BCUT2D eigenvalue weighted by atomic mass is 32.2. The van der Waals surface area contributed by atoms with Crippen LogP contribution in [0.25, 0.3) is 0 Å². The average Bonchev–Trinajstić information content (AvgIpc) is 2.81. The number of carbonyl (C=O) groups excluding carboxylic acids is 1. The van der Waals surface area contributed by atoms with E-state index in [0.717, 1.165) is 12.2 Å². The summed E-state index contributed by atoms with van der Waals surface area (Å²) in [5, 5.41) is 2.39. The molecule has 0 aliphatic heterocycles. The summed E-state index contributed by atoms with van der Waals surface area (Å²) in [5.41, 5.74) is 0. The van der Waals surface area contributed by atoms with E-state index in [4.69, 9.17) is 13.8 Å². The molecule has 2 unspecified atom stereocenters. The number of unbranched alkanes of at least 4 members (excludes halogenated alkanes) is 13. The van der Waals surface area contributed by atoms with E-state index in [1.165, 1.54) is 90.5 Å². The van der Waals surface area contributed by atoms with Crippen molar-refractivity contribution in [1.29, 1.82) is 0 Å². The topological polar surface area (TPSA) is 96.9 Å². The molecule has 0 fully saturated rings. The van der Waals surface area contributed by atoms with E-state index >= 15 is 0 Å². The minimum absolute atomic E-state index is 0.0408. The van der Waals surface area contributed by atoms with Crippen molar-refractivity contribution >= 4 is 25.7 Å². The summed E-state index contributed by atoms with van der Waals surface area (Å²) in [7, 11) is 2.87. The lowest BCUT2D eigenvalue weighted by atomic mass is 10.0. The van der Waals surface area contributed by atoms with Gasteiger partial charge in [-0.25, -0.2) is 4.79 Å². The summed E-state index contributed by atoms with van der Waals surface area (Å²) < 4.78 is 27.8. The second-order valence-electron chi connectivity index (χ2n) is 10.5. The molecule has 0 heterocycles. The van der Waals surface area contributed by atoms with Crippen LogP contribution >= 0.6 is 19.6 Å². The van der Waals surface area contributed by atoms with Crippen LogP contribution in [0.4, 0.5) is 4.79 Å². The number of quaternary nitrogens is 1. The minimum atomic E-state index is -4.44. The highest BCUT2D eigenvalue weighted by molar-refractivity contribution is 7.99. The monoisotopic (exact) mass is 554 g/mol. The second-order valence-corrected chi connectivity index (χ2v) is 13.1. The summed E-state index contributed by atoms with van der Waals surface area (Å²) in [6.07, 6.45) is 17.3. The molecule has 0 saturated heterocycles. The van der Waals surface area contributed by atoms with E-state index < -0.39 is 20.0 Å². The van der Waals surface area contributed by atoms with Gasteiger partial charge in [-0.2, -0.15) is 11.8 Å². The fourth-order valence-electron chi connectivity index (χ4n) is 3.58. The molecular weight excluding hydrogens is 499 g/mol. The first-order valence-corrected chi connectivity index (χ1v) is 16.6. The summed E-state index contributed by atoms with van der Waals surface area (Å²) in [5.74, 6) is 1.42. The van der Waals surface area contributed by atoms with E-state index in [1.807, 2.05) is 21.1 Å². The standard InChI is InChI=1S/C26H55N2O6PS/c1-6-7-8-9-10-11-12-13-14-15-16-17-18-19-22-36-24-25(34-26(29)27-2)23-33-35(30,31)32-21-20-28(3,4)5/h25H,6-24H2,1-5H3,(H-,27,29,30,31). The predicted molar refractivity (Wildman–Crippen MR) is 149 cm³/mol. The van der Waals surface area contributed by atoms with Gasteiger partial charge in [0.2, 0.25) is 0 Å². The van der Waals surface area contributed by atoms with Crippen molar-refractivity contribution in [3.8, 4) is 0 Å². The zero-order valence-electron chi connectivity index (χ0n) is 23.8. The van der Waals surface area contributed by atoms with Gasteiger partial charge in [-0.05, 0) is 12.2 Å². The zero-order valence-corrected chi connectivity index (χ0v) is 25.5. The number of alkyl carbamates (subject to hydrolysis) is 1. The van der Waals surface area contributed by atoms with Crippen molar-refractivity contribution in [3.05, 3.63) is 0 Å². The highest BCUT2D eigenvalue weighted by Crippen LogP contribution is 2.38. The third kappa shape index (κ3) is 25.3. The van der Waals surface area contributed by atoms with Gasteiger partial charge in [0, 0.05) is 12.8 Å². The molecule has 0 saturated carbocycles. The molecule has 0 radical (unpaired) electrons. The van der Waals surface area contributed by atoms with Gasteiger partial charge in [-0.3, -0.25) is 4.57 Å². The minimum Gasteiger partial charge on any atom is -0.756 e. The van der Waals surface area contributed by atoms with Gasteiger partial charge in [0.25, 0.3) is 7.82 Å². The van der Waals surface area contributed by atoms with Crippen LogP contribution in [-0.4, -0.2) is 76.1 Å². The van der Waals surface area contributed by atoms with Crippen LogP contribution in [0.3, 0.4) is 0 Å². The number of thioether (sulfide) groups is 1. The summed E-state index contributed by atoms with van der Waals surface area (Å²) in [6.45, 7) is 2.59. The van der Waals surface area contributed by atoms with Crippen LogP contribution in [0.1, 0.15) is 96.8 Å². The van der Waals surface area contributed by atoms with Gasteiger partial charge in [-0.1, -0.05) is 90.4 Å². The number of nitrogens with one attached hydrogen (secondary N) is 1. The normalized spacial score (nSPS) is 14.4. The molecule has 0 aromatic rings. The number of nitrogens with zero attached hydrogens (tertiary/aromatic N) is 1. The molecule has 1 amide bonds. The zero-order chi connectivity index (χ0) is 27.1. The summed E-state index contributed by atoms with van der Waals surface area (Å²) >= 11 is 1.65. The first-order valence-electron chi connectivity index (χ1n) is 14.0. The van der Waals surface area contributed by atoms with Gasteiger partial charge in [-0.15, -0.1) is 0 Å². The number of hydrogen-bond donors (Lipinski definition) is 1. The Hall–Kier alpha value is -0.310. The molecule has 0 spiro atoms. The van der Waals surface area contributed by atoms with Crippen molar-refractivity contribution in [2.45, 2.75) is 103 Å². The molecule has 1 N–H and O–H groups in total. The average molecular weight is 555 g/mol. The molecule has 2 atom stereocenters. The number of phosphoric ester groups is 1. The van der Waals surface area contributed by atoms with Crippen LogP contribution in [0.5, 0.6) is 0 Å². The third-order valence-electron chi connectivity index (χ3n) is 5.85. The number of amides is 1. The lowest BCUT2D eigenvalue weighted by Gasteiger charge is -2.28. The highest BCUT2D eigenvalue weighted by Gasteiger charge is 2.19. The second kappa shape index (κ2) is 22.7. The van der Waals surface area contributed by atoms with Crippen molar-refractivity contribution in [3.63, 3.8) is 0 Å². The van der Waals surface area contributed by atoms with Crippen molar-refractivity contribution in [2.24, 2.45) is 0 Å². The number of phosphoric acid groups is 1. The van der Waals surface area contributed by atoms with E-state index in [2.05, 4.69) is 12.2 Å². The number of likely N-dealkylation sites (N-methyl/N-ethyl adjacent to an activating group) is 1. The smallest absolute Gasteiger partial charge is 0.407 e. The molecule has 0 aromatic heterocycles. The summed E-state index contributed by atoms with van der Waals surface area (Å²) in [6, 6.07) is 0. The van der Waals surface area contributed by atoms with E-state index in [-0.39, 0.29) is 13.2 Å². The van der Waals surface area contributed by atoms with Gasteiger partial charge in [0.15, 0.2) is 0 Å². The number of carbonyl (C=O) groups is 1. The molecule has 10 heteroatoms. The Kier molecular flexibility index (Phi) is 22.5. The Morgan fingerprint density at radius 1 is 0.889 bits per heavy atom. The Bertz CT molecular complexity index is 577. The maximum atomic E-state index is 12.0.